The molecule has 1 heterocycles. The molecule has 1 N–H and O–H groups in total. The number of ketones is 1. The highest BCUT2D eigenvalue weighted by atomic mass is 16.5. The van der Waals surface area contributed by atoms with Crippen molar-refractivity contribution < 1.29 is 9.53 Å². The summed E-state index contributed by atoms with van der Waals surface area (Å²) < 4.78 is 5.31. The number of H-pyrrole nitrogens is 1. The smallest absolute Gasteiger partial charge is 0.179 e. The van der Waals surface area contributed by atoms with E-state index in [1.54, 1.807) is 7.11 Å². The van der Waals surface area contributed by atoms with Crippen molar-refractivity contribution in [2.75, 3.05) is 7.11 Å². The van der Waals surface area contributed by atoms with Gasteiger partial charge < -0.3 is 9.72 Å². The van der Waals surface area contributed by atoms with Crippen LogP contribution in [0, 0.1) is 6.92 Å². The lowest BCUT2D eigenvalue weighted by Crippen LogP contribution is -1.92. The Kier molecular flexibility index (Phi) is 1.84. The maximum Gasteiger partial charge on any atom is 0.179 e. The Morgan fingerprint density at radius 1 is 1.31 bits per heavy atom. The molecule has 0 saturated heterocycles. The fourth-order valence-corrected chi connectivity index (χ4v) is 2.55. The summed E-state index contributed by atoms with van der Waals surface area (Å²) in [5, 5.41) is 1.17. The second-order valence-electron chi connectivity index (χ2n) is 4.24. The average Bonchev–Trinajstić information content (AvgIpc) is 2.81. The van der Waals surface area contributed by atoms with Crippen LogP contribution in [0.1, 0.15) is 28.0 Å². The number of rotatable bonds is 1. The number of benzene rings is 1. The number of carbonyl (C=O) groups is 1. The minimum Gasteiger partial charge on any atom is -0.495 e. The number of nitrogens with one attached hydrogen (secondary N) is 1. The van der Waals surface area contributed by atoms with Gasteiger partial charge in [0.25, 0.3) is 0 Å². The van der Waals surface area contributed by atoms with Gasteiger partial charge in [-0.2, -0.15) is 0 Å². The van der Waals surface area contributed by atoms with E-state index in [2.05, 4.69) is 11.9 Å². The summed E-state index contributed by atoms with van der Waals surface area (Å²) in [6.07, 6.45) is 1.48. The van der Waals surface area contributed by atoms with Crippen molar-refractivity contribution in [1.29, 1.82) is 0 Å². The van der Waals surface area contributed by atoms with Gasteiger partial charge >= 0.3 is 0 Å². The van der Waals surface area contributed by atoms with Crippen LogP contribution >= 0.6 is 0 Å². The first-order valence-electron chi connectivity index (χ1n) is 5.43. The number of carbonyl (C=O) groups excluding carboxylic acids is 1. The lowest BCUT2D eigenvalue weighted by Gasteiger charge is -2.04. The molecule has 16 heavy (non-hydrogen) atoms. The predicted octanol–water partition coefficient (Wildman–Crippen LogP) is 2.61. The van der Waals surface area contributed by atoms with E-state index in [0.29, 0.717) is 6.42 Å². The van der Waals surface area contributed by atoms with Gasteiger partial charge in [0.05, 0.1) is 18.3 Å². The molecule has 0 aliphatic heterocycles. The van der Waals surface area contributed by atoms with E-state index in [4.69, 9.17) is 4.74 Å². The number of hydrogen-bond acceptors (Lipinski definition) is 2. The average molecular weight is 215 g/mol. The zero-order chi connectivity index (χ0) is 11.3. The third-order valence-corrected chi connectivity index (χ3v) is 3.33. The molecule has 3 nitrogen and oxygen atoms in total. The van der Waals surface area contributed by atoms with Gasteiger partial charge in [-0.25, -0.2) is 0 Å². The molecule has 3 rings (SSSR count). The summed E-state index contributed by atoms with van der Waals surface area (Å²) in [5.41, 5.74) is 4.10. The van der Waals surface area contributed by atoms with Crippen molar-refractivity contribution in [2.45, 2.75) is 19.8 Å². The highest BCUT2D eigenvalue weighted by Crippen LogP contribution is 2.36. The highest BCUT2D eigenvalue weighted by molar-refractivity contribution is 6.07. The fourth-order valence-electron chi connectivity index (χ4n) is 2.55. The third kappa shape index (κ3) is 1.06. The molecule has 0 amide bonds. The molecule has 1 aliphatic rings. The molecule has 0 unspecified atom stereocenters. The first-order valence-corrected chi connectivity index (χ1v) is 5.43. The van der Waals surface area contributed by atoms with Crippen LogP contribution in [0.2, 0.25) is 0 Å². The normalized spacial score (nSPS) is 14.5. The Morgan fingerprint density at radius 2 is 2.12 bits per heavy atom. The highest BCUT2D eigenvalue weighted by Gasteiger charge is 2.26. The lowest BCUT2D eigenvalue weighted by atomic mass is 10.1. The quantitative estimate of drug-likeness (QED) is 0.794. The maximum atomic E-state index is 11.7. The van der Waals surface area contributed by atoms with Crippen molar-refractivity contribution >= 4 is 16.7 Å². The van der Waals surface area contributed by atoms with Crippen molar-refractivity contribution in [2.24, 2.45) is 0 Å². The monoisotopic (exact) mass is 215 g/mol. The first-order chi connectivity index (χ1) is 7.72. The number of methoxy groups -OCH3 is 1. The van der Waals surface area contributed by atoms with E-state index in [1.165, 1.54) is 10.9 Å². The molecule has 0 atom stereocenters. The Labute approximate surface area is 93.4 Å². The predicted molar refractivity (Wildman–Crippen MR) is 62.2 cm³/mol. The van der Waals surface area contributed by atoms with Gasteiger partial charge in [-0.15, -0.1) is 0 Å². The van der Waals surface area contributed by atoms with Crippen LogP contribution in [0.25, 0.3) is 10.9 Å². The minimum atomic E-state index is 0.215. The fraction of sp³-hybridized carbons (Fsp3) is 0.308. The zero-order valence-corrected chi connectivity index (χ0v) is 9.39. The van der Waals surface area contributed by atoms with Gasteiger partial charge in [0.15, 0.2) is 5.78 Å². The number of ether oxygens (including phenoxy) is 1. The van der Waals surface area contributed by atoms with E-state index in [1.807, 2.05) is 12.1 Å². The Bertz CT molecular complexity index is 595. The van der Waals surface area contributed by atoms with Crippen LogP contribution in [0.4, 0.5) is 0 Å². The minimum absolute atomic E-state index is 0.215. The summed E-state index contributed by atoms with van der Waals surface area (Å²) in [6.45, 7) is 2.07. The SMILES string of the molecule is COc1ccc(C)c2c3c([nH]c12)C(=O)CC3. The van der Waals surface area contributed by atoms with Crippen LogP contribution in [0.3, 0.4) is 0 Å². The van der Waals surface area contributed by atoms with Gasteiger partial charge in [-0.1, -0.05) is 6.07 Å². The third-order valence-electron chi connectivity index (χ3n) is 3.33. The summed E-state index contributed by atoms with van der Waals surface area (Å²) in [7, 11) is 1.65. The second kappa shape index (κ2) is 3.11. The summed E-state index contributed by atoms with van der Waals surface area (Å²) in [6, 6.07) is 3.98. The number of hydrogen-bond donors (Lipinski definition) is 1. The molecule has 0 fully saturated rings. The Morgan fingerprint density at radius 3 is 2.88 bits per heavy atom. The molecular weight excluding hydrogens is 202 g/mol. The summed E-state index contributed by atoms with van der Waals surface area (Å²) >= 11 is 0. The van der Waals surface area contributed by atoms with E-state index >= 15 is 0 Å². The molecule has 0 radical (unpaired) electrons. The van der Waals surface area contributed by atoms with Crippen LogP contribution in [0.15, 0.2) is 12.1 Å². The van der Waals surface area contributed by atoms with Crippen molar-refractivity contribution in [3.8, 4) is 5.75 Å². The summed E-state index contributed by atoms with van der Waals surface area (Å²) in [4.78, 5) is 14.9. The van der Waals surface area contributed by atoms with E-state index in [-0.39, 0.29) is 5.78 Å². The van der Waals surface area contributed by atoms with E-state index in [9.17, 15) is 4.79 Å². The number of Topliss-reactive ketones (excluding diaryl/α,β-unsaturated/α-hetero) is 1. The van der Waals surface area contributed by atoms with Crippen molar-refractivity contribution in [3.63, 3.8) is 0 Å². The van der Waals surface area contributed by atoms with Gasteiger partial charge in [-0.05, 0) is 30.5 Å². The van der Waals surface area contributed by atoms with Crippen LogP contribution < -0.4 is 4.74 Å². The number of aromatic amines is 1. The molecule has 0 spiro atoms. The molecular formula is C13H13NO2. The molecule has 0 saturated carbocycles. The topological polar surface area (TPSA) is 42.1 Å². The lowest BCUT2D eigenvalue weighted by molar-refractivity contribution is 0.0991. The van der Waals surface area contributed by atoms with Crippen LogP contribution in [-0.4, -0.2) is 17.9 Å². The van der Waals surface area contributed by atoms with Crippen LogP contribution in [0.5, 0.6) is 5.75 Å². The summed E-state index contributed by atoms with van der Waals surface area (Å²) in [5.74, 6) is 1.02. The molecule has 3 heteroatoms. The van der Waals surface area contributed by atoms with Crippen LogP contribution in [-0.2, 0) is 6.42 Å². The van der Waals surface area contributed by atoms with Gasteiger partial charge in [-0.3, -0.25) is 4.79 Å². The number of aromatic nitrogens is 1. The van der Waals surface area contributed by atoms with E-state index in [0.717, 1.165) is 28.9 Å². The number of fused-ring (bicyclic) bond motifs is 3. The largest absolute Gasteiger partial charge is 0.495 e. The van der Waals surface area contributed by atoms with Gasteiger partial charge in [0.2, 0.25) is 0 Å². The maximum absolute atomic E-state index is 11.7. The molecule has 1 aromatic carbocycles. The van der Waals surface area contributed by atoms with Crippen molar-refractivity contribution in [1.82, 2.24) is 4.98 Å². The second-order valence-corrected chi connectivity index (χ2v) is 4.24. The molecule has 82 valence electrons. The van der Waals surface area contributed by atoms with Gasteiger partial charge in [0, 0.05) is 11.8 Å². The van der Waals surface area contributed by atoms with Crippen molar-refractivity contribution in [3.05, 3.63) is 29.0 Å². The molecule has 0 bridgehead atoms. The standard InChI is InChI=1S/C13H13NO2/c1-7-3-6-10(16-2)13-11(7)8-4-5-9(15)12(8)14-13/h3,6,14H,4-5H2,1-2H3. The molecule has 2 aromatic rings. The Hall–Kier alpha value is -1.77. The molecule has 1 aliphatic carbocycles. The zero-order valence-electron chi connectivity index (χ0n) is 9.39. The van der Waals surface area contributed by atoms with E-state index < -0.39 is 0 Å². The molecule has 1 aromatic heterocycles. The van der Waals surface area contributed by atoms with Gasteiger partial charge in [0.1, 0.15) is 5.75 Å². The Balaban J connectivity index is 2.43. The first kappa shape index (κ1) is 9.46. The number of aryl methyl sites for hydroxylation is 2.